The molecule has 0 saturated carbocycles. The predicted octanol–water partition coefficient (Wildman–Crippen LogP) is 0.925. The number of thiophene rings is 1. The summed E-state index contributed by atoms with van der Waals surface area (Å²) in [7, 11) is 2.11. The third-order valence-corrected chi connectivity index (χ3v) is 4.97. The standard InChI is InChI=1S/C17H20NOS.HI/c1-12-9-10-15(20-12)13-7-5-6-8-14(13)16-18(4)17(2,3)11-19-16;/h5-10H,11H2,1-4H3;1H/q+1;/p-1. The summed E-state index contributed by atoms with van der Waals surface area (Å²) in [5.41, 5.74) is 2.49. The molecule has 0 N–H and O–H groups in total. The molecule has 0 radical (unpaired) electrons. The van der Waals surface area contributed by atoms with Crippen molar-refractivity contribution in [2.45, 2.75) is 26.3 Å². The monoisotopic (exact) mass is 413 g/mol. The van der Waals surface area contributed by atoms with Crippen molar-refractivity contribution in [2.75, 3.05) is 13.7 Å². The van der Waals surface area contributed by atoms with Gasteiger partial charge in [0.1, 0.15) is 7.05 Å². The molecule has 0 fully saturated rings. The molecule has 2 nitrogen and oxygen atoms in total. The summed E-state index contributed by atoms with van der Waals surface area (Å²) in [6, 6.07) is 12.9. The first-order valence-electron chi connectivity index (χ1n) is 6.89. The van der Waals surface area contributed by atoms with Gasteiger partial charge in [0.05, 0.1) is 5.56 Å². The van der Waals surface area contributed by atoms with E-state index in [2.05, 4.69) is 68.8 Å². The predicted molar refractivity (Wildman–Crippen MR) is 84.8 cm³/mol. The summed E-state index contributed by atoms with van der Waals surface area (Å²) in [6.07, 6.45) is 0. The number of aryl methyl sites for hydroxylation is 1. The second kappa shape index (κ2) is 6.08. The Kier molecular flexibility index (Phi) is 4.78. The molecule has 2 aromatic rings. The highest BCUT2D eigenvalue weighted by molar-refractivity contribution is 7.15. The molecule has 1 aliphatic rings. The molecule has 0 unspecified atom stereocenters. The molecule has 2 heterocycles. The van der Waals surface area contributed by atoms with E-state index in [1.54, 1.807) is 0 Å². The lowest BCUT2D eigenvalue weighted by molar-refractivity contribution is -0.562. The van der Waals surface area contributed by atoms with Gasteiger partial charge >= 0.3 is 5.90 Å². The summed E-state index contributed by atoms with van der Waals surface area (Å²) in [6.45, 7) is 7.29. The molecule has 21 heavy (non-hydrogen) atoms. The molecule has 3 rings (SSSR count). The number of benzene rings is 1. The van der Waals surface area contributed by atoms with Gasteiger partial charge in [-0.2, -0.15) is 4.58 Å². The van der Waals surface area contributed by atoms with E-state index in [1.165, 1.54) is 20.9 Å². The van der Waals surface area contributed by atoms with Gasteiger partial charge in [0.2, 0.25) is 0 Å². The second-order valence-electron chi connectivity index (χ2n) is 5.92. The fraction of sp³-hybridized carbons (Fsp3) is 0.353. The van der Waals surface area contributed by atoms with Gasteiger partial charge in [0.25, 0.3) is 0 Å². The Labute approximate surface area is 147 Å². The third kappa shape index (κ3) is 3.01. The van der Waals surface area contributed by atoms with Crippen LogP contribution in [0.25, 0.3) is 10.4 Å². The van der Waals surface area contributed by atoms with Crippen LogP contribution < -0.4 is 24.0 Å². The topological polar surface area (TPSA) is 12.2 Å². The highest BCUT2D eigenvalue weighted by Gasteiger charge is 2.40. The second-order valence-corrected chi connectivity index (χ2v) is 7.21. The van der Waals surface area contributed by atoms with Crippen LogP contribution in [0.2, 0.25) is 0 Å². The van der Waals surface area contributed by atoms with Gasteiger partial charge in [0.15, 0.2) is 12.1 Å². The van der Waals surface area contributed by atoms with Crippen molar-refractivity contribution in [2.24, 2.45) is 0 Å². The van der Waals surface area contributed by atoms with Crippen LogP contribution in [0.15, 0.2) is 36.4 Å². The average Bonchev–Trinajstić information content (AvgIpc) is 2.95. The maximum atomic E-state index is 5.98. The molecule has 1 aromatic carbocycles. The Morgan fingerprint density at radius 2 is 1.76 bits per heavy atom. The number of halogens is 1. The molecule has 1 aliphatic heterocycles. The Bertz CT molecular complexity index is 688. The molecular weight excluding hydrogens is 393 g/mol. The smallest absolute Gasteiger partial charge is 0.371 e. The van der Waals surface area contributed by atoms with Gasteiger partial charge in [-0.25, -0.2) is 0 Å². The van der Waals surface area contributed by atoms with Gasteiger partial charge in [0, 0.05) is 29.2 Å². The molecule has 0 bridgehead atoms. The Hall–Kier alpha value is -0.880. The molecular formula is C17H20INOS. The number of nitrogens with zero attached hydrogens (tertiary/aromatic N) is 1. The molecule has 0 saturated heterocycles. The van der Waals surface area contributed by atoms with Gasteiger partial charge < -0.3 is 28.7 Å². The van der Waals surface area contributed by atoms with E-state index in [4.69, 9.17) is 4.74 Å². The molecule has 0 amide bonds. The minimum atomic E-state index is 0. The van der Waals surface area contributed by atoms with Gasteiger partial charge in [-0.1, -0.05) is 18.2 Å². The zero-order chi connectivity index (χ0) is 14.3. The molecule has 0 atom stereocenters. The quantitative estimate of drug-likeness (QED) is 0.527. The van der Waals surface area contributed by atoms with Gasteiger partial charge in [-0.15, -0.1) is 11.3 Å². The van der Waals surface area contributed by atoms with Crippen LogP contribution in [0.3, 0.4) is 0 Å². The summed E-state index contributed by atoms with van der Waals surface area (Å²) in [5, 5.41) is 0. The van der Waals surface area contributed by atoms with Crippen LogP contribution in [0, 0.1) is 6.92 Å². The number of ether oxygens (including phenoxy) is 1. The van der Waals surface area contributed by atoms with Crippen LogP contribution in [-0.4, -0.2) is 29.7 Å². The lowest BCUT2D eigenvalue weighted by Crippen LogP contribution is -3.00. The van der Waals surface area contributed by atoms with Crippen molar-refractivity contribution >= 4 is 17.2 Å². The fourth-order valence-electron chi connectivity index (χ4n) is 2.44. The van der Waals surface area contributed by atoms with E-state index in [9.17, 15) is 0 Å². The summed E-state index contributed by atoms with van der Waals surface area (Å²) in [4.78, 5) is 2.63. The molecule has 4 heteroatoms. The molecule has 0 aliphatic carbocycles. The van der Waals surface area contributed by atoms with Crippen molar-refractivity contribution in [1.82, 2.24) is 0 Å². The van der Waals surface area contributed by atoms with Crippen molar-refractivity contribution in [1.29, 1.82) is 0 Å². The minimum Gasteiger partial charge on any atom is -1.00 e. The first-order valence-corrected chi connectivity index (χ1v) is 7.70. The largest absolute Gasteiger partial charge is 1.00 e. The van der Waals surface area contributed by atoms with E-state index in [1.807, 2.05) is 11.3 Å². The summed E-state index contributed by atoms with van der Waals surface area (Å²) >= 11 is 1.83. The zero-order valence-corrected chi connectivity index (χ0v) is 15.8. The summed E-state index contributed by atoms with van der Waals surface area (Å²) < 4.78 is 8.23. The van der Waals surface area contributed by atoms with Gasteiger partial charge in [-0.3, -0.25) is 0 Å². The first kappa shape index (κ1) is 16.5. The van der Waals surface area contributed by atoms with Crippen molar-refractivity contribution in [3.63, 3.8) is 0 Å². The van der Waals surface area contributed by atoms with Crippen LogP contribution in [0.4, 0.5) is 0 Å². The van der Waals surface area contributed by atoms with Crippen LogP contribution in [0.1, 0.15) is 24.3 Å². The first-order chi connectivity index (χ1) is 9.49. The van der Waals surface area contributed by atoms with Crippen molar-refractivity contribution < 1.29 is 33.3 Å². The van der Waals surface area contributed by atoms with Gasteiger partial charge in [-0.05, 0) is 25.1 Å². The Morgan fingerprint density at radius 1 is 1.10 bits per heavy atom. The van der Waals surface area contributed by atoms with Crippen molar-refractivity contribution in [3.8, 4) is 10.4 Å². The minimum absolute atomic E-state index is 0. The maximum absolute atomic E-state index is 5.98. The molecule has 0 spiro atoms. The van der Waals surface area contributed by atoms with Crippen LogP contribution in [-0.2, 0) is 4.74 Å². The number of rotatable bonds is 2. The third-order valence-electron chi connectivity index (χ3n) is 3.94. The van der Waals surface area contributed by atoms with Crippen molar-refractivity contribution in [3.05, 3.63) is 46.8 Å². The van der Waals surface area contributed by atoms with Crippen LogP contribution >= 0.6 is 11.3 Å². The highest BCUT2D eigenvalue weighted by atomic mass is 127. The highest BCUT2D eigenvalue weighted by Crippen LogP contribution is 2.32. The molecule has 112 valence electrons. The average molecular weight is 413 g/mol. The normalized spacial score (nSPS) is 16.6. The number of hydrogen-bond acceptors (Lipinski definition) is 2. The maximum Gasteiger partial charge on any atom is 0.371 e. The summed E-state index contributed by atoms with van der Waals surface area (Å²) in [5.74, 6) is 0.983. The van der Waals surface area contributed by atoms with E-state index in [0.717, 1.165) is 12.5 Å². The lowest BCUT2D eigenvalue weighted by Gasteiger charge is -2.09. The van der Waals surface area contributed by atoms with E-state index >= 15 is 0 Å². The van der Waals surface area contributed by atoms with Crippen LogP contribution in [0.5, 0.6) is 0 Å². The number of likely N-dealkylation sites (N-methyl/N-ethyl adjacent to an activating group) is 1. The Morgan fingerprint density at radius 3 is 2.29 bits per heavy atom. The number of hydrogen-bond donors (Lipinski definition) is 0. The SMILES string of the molecule is Cc1ccc(-c2ccccc2C2=[N+](C)C(C)(C)CO2)s1.[I-]. The lowest BCUT2D eigenvalue weighted by atomic mass is 10.0. The van der Waals surface area contributed by atoms with E-state index in [-0.39, 0.29) is 29.5 Å². The fourth-order valence-corrected chi connectivity index (χ4v) is 3.34. The van der Waals surface area contributed by atoms with E-state index < -0.39 is 0 Å². The Balaban J connectivity index is 0.00000161. The van der Waals surface area contributed by atoms with E-state index in [0.29, 0.717) is 0 Å². The zero-order valence-electron chi connectivity index (χ0n) is 12.8. The molecule has 1 aromatic heterocycles.